The van der Waals surface area contributed by atoms with E-state index in [1.807, 2.05) is 70.2 Å². The zero-order valence-corrected chi connectivity index (χ0v) is 23.1. The van der Waals surface area contributed by atoms with Gasteiger partial charge < -0.3 is 29.8 Å². The zero-order chi connectivity index (χ0) is 27.8. The van der Waals surface area contributed by atoms with Crippen LogP contribution in [0.4, 0.5) is 10.5 Å². The molecule has 5 rings (SSSR count). The molecule has 39 heavy (non-hydrogen) atoms. The molecule has 8 heteroatoms. The van der Waals surface area contributed by atoms with E-state index in [9.17, 15) is 4.79 Å². The highest BCUT2D eigenvalue weighted by atomic mass is 16.7. The van der Waals surface area contributed by atoms with Crippen molar-refractivity contribution in [3.63, 3.8) is 0 Å². The van der Waals surface area contributed by atoms with Crippen molar-refractivity contribution < 1.29 is 23.6 Å². The van der Waals surface area contributed by atoms with Gasteiger partial charge in [0, 0.05) is 24.2 Å². The molecule has 0 spiro atoms. The number of rotatable bonds is 7. The van der Waals surface area contributed by atoms with E-state index in [2.05, 4.69) is 29.6 Å². The van der Waals surface area contributed by atoms with Gasteiger partial charge in [0.15, 0.2) is 0 Å². The van der Waals surface area contributed by atoms with E-state index in [0.29, 0.717) is 11.4 Å². The average molecular weight is 526 g/mol. The average Bonchev–Trinajstić information content (AvgIpc) is 3.35. The fourth-order valence-electron chi connectivity index (χ4n) is 5.03. The van der Waals surface area contributed by atoms with E-state index < -0.39 is 24.4 Å². The number of fused-ring (bicyclic) bond motifs is 3. The lowest BCUT2D eigenvalue weighted by Gasteiger charge is -2.32. The van der Waals surface area contributed by atoms with Crippen LogP contribution in [0.5, 0.6) is 5.75 Å². The Hall–Kier alpha value is -3.75. The minimum Gasteiger partial charge on any atom is -0.497 e. The first-order chi connectivity index (χ1) is 18.6. The fraction of sp³-hybridized carbons (Fsp3) is 0.323. The first kappa shape index (κ1) is 26.8. The number of alkyl carbamates (subject to hydrolysis) is 1. The van der Waals surface area contributed by atoms with Gasteiger partial charge in [-0.3, -0.25) is 0 Å². The van der Waals surface area contributed by atoms with E-state index >= 15 is 0 Å². The summed E-state index contributed by atoms with van der Waals surface area (Å²) in [7, 11) is 0.934. The summed E-state index contributed by atoms with van der Waals surface area (Å²) in [5.41, 5.74) is 12.0. The highest BCUT2D eigenvalue weighted by Gasteiger charge is 2.52. The van der Waals surface area contributed by atoms with E-state index in [4.69, 9.17) is 24.5 Å². The van der Waals surface area contributed by atoms with E-state index in [1.54, 1.807) is 13.2 Å². The standard InChI is InChI=1S/C31H35BN2O5/c1-30(2)31(3,4)39-32(38-30)21(16-20-14-15-22(36-5)17-28(20)33)18-34-29(35)37-19-27-25-12-8-6-10-23(25)24-11-7-9-13-26(24)27/h6-17,27H,18-19,33H2,1-5H3,(H,34,35). The number of hydrogen-bond acceptors (Lipinski definition) is 6. The van der Waals surface area contributed by atoms with Crippen LogP contribution in [-0.2, 0) is 14.0 Å². The second-order valence-corrected chi connectivity index (χ2v) is 11.0. The third-order valence-electron chi connectivity index (χ3n) is 7.97. The third kappa shape index (κ3) is 5.27. The van der Waals surface area contributed by atoms with Gasteiger partial charge in [-0.05, 0) is 73.1 Å². The molecule has 2 aliphatic rings. The van der Waals surface area contributed by atoms with Gasteiger partial charge in [-0.1, -0.05) is 54.6 Å². The number of carbonyl (C=O) groups is 1. The summed E-state index contributed by atoms with van der Waals surface area (Å²) in [6, 6.07) is 22.0. The van der Waals surface area contributed by atoms with Crippen molar-refractivity contribution in [2.24, 2.45) is 0 Å². The molecule has 3 N–H and O–H groups in total. The fourth-order valence-corrected chi connectivity index (χ4v) is 5.03. The maximum Gasteiger partial charge on any atom is 0.492 e. The van der Waals surface area contributed by atoms with Crippen molar-refractivity contribution in [1.29, 1.82) is 0 Å². The van der Waals surface area contributed by atoms with E-state index in [0.717, 1.165) is 11.0 Å². The van der Waals surface area contributed by atoms with Crippen LogP contribution in [0.25, 0.3) is 17.2 Å². The van der Waals surface area contributed by atoms with Crippen molar-refractivity contribution in [2.45, 2.75) is 44.8 Å². The van der Waals surface area contributed by atoms with Crippen LogP contribution in [0.2, 0.25) is 0 Å². The highest BCUT2D eigenvalue weighted by molar-refractivity contribution is 6.56. The second kappa shape index (κ2) is 10.4. The van der Waals surface area contributed by atoms with Gasteiger partial charge >= 0.3 is 13.2 Å². The number of carbonyl (C=O) groups excluding carboxylic acids is 1. The first-order valence-corrected chi connectivity index (χ1v) is 13.2. The molecule has 3 aromatic carbocycles. The lowest BCUT2D eigenvalue weighted by atomic mass is 9.77. The Balaban J connectivity index is 1.31. The van der Waals surface area contributed by atoms with Crippen molar-refractivity contribution in [2.75, 3.05) is 26.0 Å². The summed E-state index contributed by atoms with van der Waals surface area (Å²) in [6.07, 6.45) is 1.38. The van der Waals surface area contributed by atoms with Gasteiger partial charge in [0.1, 0.15) is 12.4 Å². The summed E-state index contributed by atoms with van der Waals surface area (Å²) in [5, 5.41) is 2.89. The van der Waals surface area contributed by atoms with Gasteiger partial charge in [-0.15, -0.1) is 0 Å². The highest BCUT2D eigenvalue weighted by Crippen LogP contribution is 2.44. The molecule has 1 heterocycles. The summed E-state index contributed by atoms with van der Waals surface area (Å²) < 4.78 is 23.6. The van der Waals surface area contributed by atoms with Crippen LogP contribution in [0.1, 0.15) is 50.3 Å². The molecule has 0 unspecified atom stereocenters. The zero-order valence-electron chi connectivity index (χ0n) is 23.1. The third-order valence-corrected chi connectivity index (χ3v) is 7.97. The van der Waals surface area contributed by atoms with Gasteiger partial charge in [0.2, 0.25) is 0 Å². The van der Waals surface area contributed by atoms with Crippen molar-refractivity contribution >= 4 is 25.0 Å². The Morgan fingerprint density at radius 3 is 2.13 bits per heavy atom. The molecule has 1 aliphatic carbocycles. The Kier molecular flexibility index (Phi) is 7.18. The normalized spacial score (nSPS) is 17.5. The smallest absolute Gasteiger partial charge is 0.492 e. The van der Waals surface area contributed by atoms with E-state index in [1.165, 1.54) is 22.3 Å². The summed E-state index contributed by atoms with van der Waals surface area (Å²) in [4.78, 5) is 12.9. The molecule has 1 aliphatic heterocycles. The number of nitrogens with one attached hydrogen (secondary N) is 1. The number of hydrogen-bond donors (Lipinski definition) is 2. The number of amides is 1. The SMILES string of the molecule is COc1ccc(C=C(CNC(=O)OCC2c3ccccc3-c3ccccc32)B2OC(C)(C)C(C)(C)O2)c(N)c1. The Morgan fingerprint density at radius 2 is 1.56 bits per heavy atom. The van der Waals surface area contributed by atoms with Gasteiger partial charge in [0.25, 0.3) is 0 Å². The van der Waals surface area contributed by atoms with Crippen LogP contribution >= 0.6 is 0 Å². The molecule has 0 saturated carbocycles. The molecule has 1 amide bonds. The molecule has 0 bridgehead atoms. The summed E-state index contributed by atoms with van der Waals surface area (Å²) >= 11 is 0. The molecule has 0 radical (unpaired) electrons. The molecule has 202 valence electrons. The number of methoxy groups -OCH3 is 1. The Morgan fingerprint density at radius 1 is 0.974 bits per heavy atom. The van der Waals surface area contributed by atoms with Gasteiger partial charge in [0.05, 0.1) is 18.3 Å². The molecular formula is C31H35BN2O5. The molecule has 0 aromatic heterocycles. The first-order valence-electron chi connectivity index (χ1n) is 13.2. The molecule has 1 saturated heterocycles. The predicted molar refractivity (Wildman–Crippen MR) is 155 cm³/mol. The minimum atomic E-state index is -0.662. The minimum absolute atomic E-state index is 0.0136. The van der Waals surface area contributed by atoms with Crippen molar-refractivity contribution in [3.8, 4) is 16.9 Å². The molecule has 1 fully saturated rings. The molecule has 0 atom stereocenters. The number of ether oxygens (including phenoxy) is 2. The number of benzene rings is 3. The quantitative estimate of drug-likeness (QED) is 0.297. The topological polar surface area (TPSA) is 92.0 Å². The second-order valence-electron chi connectivity index (χ2n) is 11.0. The Labute approximate surface area is 230 Å². The maximum absolute atomic E-state index is 12.9. The van der Waals surface area contributed by atoms with Gasteiger partial charge in [-0.2, -0.15) is 0 Å². The maximum atomic E-state index is 12.9. The largest absolute Gasteiger partial charge is 0.497 e. The lowest BCUT2D eigenvalue weighted by molar-refractivity contribution is 0.00578. The Bertz CT molecular complexity index is 1360. The summed E-state index contributed by atoms with van der Waals surface area (Å²) in [5.74, 6) is 0.652. The van der Waals surface area contributed by atoms with Crippen molar-refractivity contribution in [1.82, 2.24) is 5.32 Å². The van der Waals surface area contributed by atoms with Gasteiger partial charge in [-0.25, -0.2) is 4.79 Å². The molecule has 3 aromatic rings. The van der Waals surface area contributed by atoms with E-state index in [-0.39, 0.29) is 19.1 Å². The summed E-state index contributed by atoms with van der Waals surface area (Å²) in [6.45, 7) is 8.37. The van der Waals surface area contributed by atoms with Crippen LogP contribution in [0.15, 0.2) is 72.2 Å². The van der Waals surface area contributed by atoms with Crippen LogP contribution in [0.3, 0.4) is 0 Å². The van der Waals surface area contributed by atoms with Crippen LogP contribution < -0.4 is 15.8 Å². The number of anilines is 1. The predicted octanol–water partition coefficient (Wildman–Crippen LogP) is 5.83. The lowest BCUT2D eigenvalue weighted by Crippen LogP contribution is -2.41. The number of nitrogens with two attached hydrogens (primary N) is 1. The van der Waals surface area contributed by atoms with Crippen LogP contribution in [0, 0.1) is 0 Å². The van der Waals surface area contributed by atoms with Crippen molar-refractivity contribution in [3.05, 3.63) is 88.9 Å². The van der Waals surface area contributed by atoms with Crippen LogP contribution in [-0.4, -0.2) is 44.7 Å². The number of nitrogen functional groups attached to an aromatic ring is 1. The molecular weight excluding hydrogens is 491 g/mol. The molecule has 7 nitrogen and oxygen atoms in total. The monoisotopic (exact) mass is 526 g/mol.